The number of hydrogen-bond donors (Lipinski definition) is 1. The minimum atomic E-state index is -0.361. The number of halogens is 1. The van der Waals surface area contributed by atoms with Gasteiger partial charge in [-0.2, -0.15) is 0 Å². The van der Waals surface area contributed by atoms with Crippen molar-refractivity contribution in [1.82, 2.24) is 9.88 Å². The molecule has 0 fully saturated rings. The van der Waals surface area contributed by atoms with Crippen LogP contribution in [-0.4, -0.2) is 35.0 Å². The van der Waals surface area contributed by atoms with Crippen molar-refractivity contribution in [2.75, 3.05) is 13.2 Å². The summed E-state index contributed by atoms with van der Waals surface area (Å²) in [6, 6.07) is 6.19. The third-order valence-corrected chi connectivity index (χ3v) is 5.15. The van der Waals surface area contributed by atoms with E-state index in [4.69, 9.17) is 4.74 Å². The highest BCUT2D eigenvalue weighted by Gasteiger charge is 2.27. The highest BCUT2D eigenvalue weighted by atomic mass is 79.9. The standard InChI is InChI=1S/C18H23BrN2O2/c1-3-4-10-23-12(2)18(22)21-9-8-16-14(11-21)13-6-5-7-15(19)17(13)20-16/h5-7,12,20H,3-4,8-11H2,1-2H3. The summed E-state index contributed by atoms with van der Waals surface area (Å²) in [4.78, 5) is 18.0. The van der Waals surface area contributed by atoms with Gasteiger partial charge in [-0.05, 0) is 35.3 Å². The van der Waals surface area contributed by atoms with Crippen LogP contribution in [0.1, 0.15) is 37.9 Å². The molecule has 0 saturated carbocycles. The van der Waals surface area contributed by atoms with Gasteiger partial charge in [-0.25, -0.2) is 0 Å². The summed E-state index contributed by atoms with van der Waals surface area (Å²) in [7, 11) is 0. The van der Waals surface area contributed by atoms with Gasteiger partial charge in [-0.15, -0.1) is 0 Å². The second-order valence-electron chi connectivity index (χ2n) is 6.12. The average molecular weight is 379 g/mol. The van der Waals surface area contributed by atoms with Crippen molar-refractivity contribution in [2.24, 2.45) is 0 Å². The van der Waals surface area contributed by atoms with E-state index in [0.717, 1.165) is 35.8 Å². The Morgan fingerprint density at radius 1 is 1.48 bits per heavy atom. The zero-order chi connectivity index (χ0) is 16.4. The predicted octanol–water partition coefficient (Wildman–Crippen LogP) is 4.02. The van der Waals surface area contributed by atoms with Crippen LogP contribution in [0.4, 0.5) is 0 Å². The zero-order valence-corrected chi connectivity index (χ0v) is 15.3. The van der Waals surface area contributed by atoms with Gasteiger partial charge in [0.25, 0.3) is 5.91 Å². The summed E-state index contributed by atoms with van der Waals surface area (Å²) in [6.07, 6.45) is 2.58. The smallest absolute Gasteiger partial charge is 0.251 e. The molecule has 0 spiro atoms. The number of amides is 1. The summed E-state index contributed by atoms with van der Waals surface area (Å²) in [5, 5.41) is 1.20. The van der Waals surface area contributed by atoms with E-state index in [1.54, 1.807) is 0 Å². The number of nitrogens with one attached hydrogen (secondary N) is 1. The quantitative estimate of drug-likeness (QED) is 0.798. The van der Waals surface area contributed by atoms with Crippen molar-refractivity contribution in [3.05, 3.63) is 33.9 Å². The average Bonchev–Trinajstić information content (AvgIpc) is 2.93. The highest BCUT2D eigenvalue weighted by Crippen LogP contribution is 2.32. The molecule has 1 aliphatic heterocycles. The van der Waals surface area contributed by atoms with Crippen LogP contribution in [0.15, 0.2) is 22.7 Å². The number of nitrogens with zero attached hydrogens (tertiary/aromatic N) is 1. The molecule has 1 aliphatic rings. The number of fused-ring (bicyclic) bond motifs is 3. The third kappa shape index (κ3) is 3.31. The molecule has 124 valence electrons. The van der Waals surface area contributed by atoms with Crippen molar-refractivity contribution >= 4 is 32.7 Å². The van der Waals surface area contributed by atoms with Gasteiger partial charge in [-0.1, -0.05) is 25.5 Å². The first kappa shape index (κ1) is 16.5. The molecule has 0 bridgehead atoms. The molecule has 1 unspecified atom stereocenters. The maximum absolute atomic E-state index is 12.6. The Hall–Kier alpha value is -1.33. The van der Waals surface area contributed by atoms with Crippen LogP contribution in [0.25, 0.3) is 10.9 Å². The molecule has 0 radical (unpaired) electrons. The number of ether oxygens (including phenoxy) is 1. The molecular weight excluding hydrogens is 356 g/mol. The lowest BCUT2D eigenvalue weighted by molar-refractivity contribution is -0.143. The molecule has 0 aliphatic carbocycles. The van der Waals surface area contributed by atoms with Crippen molar-refractivity contribution in [1.29, 1.82) is 0 Å². The van der Waals surface area contributed by atoms with Gasteiger partial charge in [-0.3, -0.25) is 4.79 Å². The van der Waals surface area contributed by atoms with Crippen LogP contribution in [0.3, 0.4) is 0 Å². The number of unbranched alkanes of at least 4 members (excludes halogenated alkanes) is 1. The molecule has 4 nitrogen and oxygen atoms in total. The Morgan fingerprint density at radius 2 is 2.30 bits per heavy atom. The van der Waals surface area contributed by atoms with Crippen LogP contribution in [0.5, 0.6) is 0 Å². The number of para-hydroxylation sites is 1. The minimum absolute atomic E-state index is 0.0936. The summed E-state index contributed by atoms with van der Waals surface area (Å²) in [5.74, 6) is 0.0936. The van der Waals surface area contributed by atoms with Gasteiger partial charge in [0.15, 0.2) is 0 Å². The number of aromatic nitrogens is 1. The second-order valence-corrected chi connectivity index (χ2v) is 6.98. The lowest BCUT2D eigenvalue weighted by Gasteiger charge is -2.29. The molecule has 1 amide bonds. The van der Waals surface area contributed by atoms with Crippen molar-refractivity contribution in [3.63, 3.8) is 0 Å². The number of carbonyl (C=O) groups excluding carboxylic acids is 1. The Labute approximate surface area is 145 Å². The number of benzene rings is 1. The Kier molecular flexibility index (Phi) is 5.07. The molecule has 2 aromatic rings. The van der Waals surface area contributed by atoms with Gasteiger partial charge < -0.3 is 14.6 Å². The number of aromatic amines is 1. The molecule has 3 rings (SSSR count). The summed E-state index contributed by atoms with van der Waals surface area (Å²) < 4.78 is 6.74. The molecule has 1 N–H and O–H groups in total. The summed E-state index contributed by atoms with van der Waals surface area (Å²) in [6.45, 7) is 6.04. The zero-order valence-electron chi connectivity index (χ0n) is 13.7. The van der Waals surface area contributed by atoms with E-state index in [0.29, 0.717) is 13.2 Å². The highest BCUT2D eigenvalue weighted by molar-refractivity contribution is 9.10. The fourth-order valence-electron chi connectivity index (χ4n) is 3.12. The van der Waals surface area contributed by atoms with E-state index >= 15 is 0 Å². The minimum Gasteiger partial charge on any atom is -0.369 e. The summed E-state index contributed by atoms with van der Waals surface area (Å²) in [5.41, 5.74) is 3.61. The molecule has 2 heterocycles. The van der Waals surface area contributed by atoms with Crippen molar-refractivity contribution in [2.45, 2.75) is 45.8 Å². The van der Waals surface area contributed by atoms with Crippen LogP contribution in [0.2, 0.25) is 0 Å². The molecule has 23 heavy (non-hydrogen) atoms. The SMILES string of the molecule is CCCCOC(C)C(=O)N1CCc2[nH]c3c(Br)cccc3c2C1. The number of H-pyrrole nitrogens is 1. The van der Waals surface area contributed by atoms with Crippen molar-refractivity contribution in [3.8, 4) is 0 Å². The van der Waals surface area contributed by atoms with Gasteiger partial charge in [0, 0.05) is 47.2 Å². The number of rotatable bonds is 5. The number of carbonyl (C=O) groups is 1. The van der Waals surface area contributed by atoms with Crippen LogP contribution in [0, 0.1) is 0 Å². The van der Waals surface area contributed by atoms with Crippen LogP contribution < -0.4 is 0 Å². The van der Waals surface area contributed by atoms with Crippen LogP contribution >= 0.6 is 15.9 Å². The predicted molar refractivity (Wildman–Crippen MR) is 95.4 cm³/mol. The lowest BCUT2D eigenvalue weighted by Crippen LogP contribution is -2.42. The van der Waals surface area contributed by atoms with E-state index in [1.165, 1.54) is 16.6 Å². The summed E-state index contributed by atoms with van der Waals surface area (Å²) >= 11 is 3.59. The third-order valence-electron chi connectivity index (χ3n) is 4.48. The van der Waals surface area contributed by atoms with E-state index in [-0.39, 0.29) is 12.0 Å². The molecule has 5 heteroatoms. The first-order valence-electron chi connectivity index (χ1n) is 8.30. The Morgan fingerprint density at radius 3 is 3.09 bits per heavy atom. The Bertz CT molecular complexity index is 710. The fraction of sp³-hybridized carbons (Fsp3) is 0.500. The van der Waals surface area contributed by atoms with Gasteiger partial charge in [0.05, 0.1) is 5.52 Å². The first-order valence-corrected chi connectivity index (χ1v) is 9.09. The van der Waals surface area contributed by atoms with Crippen LogP contribution in [-0.2, 0) is 22.5 Å². The van der Waals surface area contributed by atoms with Gasteiger partial charge >= 0.3 is 0 Å². The molecule has 1 aromatic heterocycles. The van der Waals surface area contributed by atoms with E-state index < -0.39 is 0 Å². The molecule has 1 atom stereocenters. The molecule has 0 saturated heterocycles. The topological polar surface area (TPSA) is 45.3 Å². The molecular formula is C18H23BrN2O2. The van der Waals surface area contributed by atoms with Gasteiger partial charge in [0.1, 0.15) is 6.10 Å². The van der Waals surface area contributed by atoms with E-state index in [1.807, 2.05) is 24.0 Å². The normalized spacial score (nSPS) is 15.7. The van der Waals surface area contributed by atoms with Gasteiger partial charge in [0.2, 0.25) is 0 Å². The second kappa shape index (κ2) is 7.05. The lowest BCUT2D eigenvalue weighted by atomic mass is 10.0. The molecule has 1 aromatic carbocycles. The maximum Gasteiger partial charge on any atom is 0.251 e. The van der Waals surface area contributed by atoms with Crippen molar-refractivity contribution < 1.29 is 9.53 Å². The monoisotopic (exact) mass is 378 g/mol. The maximum atomic E-state index is 12.6. The van der Waals surface area contributed by atoms with E-state index in [9.17, 15) is 4.79 Å². The largest absolute Gasteiger partial charge is 0.369 e. The fourth-order valence-corrected chi connectivity index (χ4v) is 3.59. The van der Waals surface area contributed by atoms with E-state index in [2.05, 4.69) is 33.9 Å². The number of hydrogen-bond acceptors (Lipinski definition) is 2. The first-order chi connectivity index (χ1) is 11.1. The Balaban J connectivity index is 1.76.